The normalized spacial score (nSPS) is 16.6. The molecule has 0 bridgehead atoms. The first-order valence-electron chi connectivity index (χ1n) is 6.78. The van der Waals surface area contributed by atoms with Gasteiger partial charge in [0.25, 0.3) is 0 Å². The number of benzene rings is 3. The second-order valence-electron chi connectivity index (χ2n) is 5.18. The molecule has 1 aliphatic rings. The van der Waals surface area contributed by atoms with Gasteiger partial charge in [0.1, 0.15) is 0 Å². The predicted octanol–water partition coefficient (Wildman–Crippen LogP) is 5.76. The molecule has 0 heterocycles. The third-order valence-electron chi connectivity index (χ3n) is 4.01. The van der Waals surface area contributed by atoms with Crippen molar-refractivity contribution in [2.45, 2.75) is 5.92 Å². The molecule has 3 aromatic carbocycles. The van der Waals surface area contributed by atoms with Gasteiger partial charge in [0, 0.05) is 10.4 Å². The van der Waals surface area contributed by atoms with Gasteiger partial charge < -0.3 is 0 Å². The Morgan fingerprint density at radius 1 is 0.800 bits per heavy atom. The molecule has 0 N–H and O–H groups in total. The van der Waals surface area contributed by atoms with Gasteiger partial charge in [-0.05, 0) is 39.6 Å². The van der Waals surface area contributed by atoms with Crippen LogP contribution in [0.15, 0.2) is 71.2 Å². The highest BCUT2D eigenvalue weighted by atomic mass is 79.9. The molecule has 0 fully saturated rings. The van der Waals surface area contributed by atoms with Gasteiger partial charge in [0.15, 0.2) is 0 Å². The first kappa shape index (κ1) is 11.9. The molecule has 96 valence electrons. The second-order valence-corrected chi connectivity index (χ2v) is 6.09. The highest BCUT2D eigenvalue weighted by Gasteiger charge is 2.20. The molecular formula is C19H13Br. The topological polar surface area (TPSA) is 0 Å². The minimum Gasteiger partial charge on any atom is -0.0720 e. The zero-order chi connectivity index (χ0) is 13.5. The molecule has 4 rings (SSSR count). The van der Waals surface area contributed by atoms with E-state index in [2.05, 4.69) is 88.7 Å². The Bertz CT molecular complexity index is 825. The molecule has 1 heteroatoms. The van der Waals surface area contributed by atoms with Crippen LogP contribution in [0, 0.1) is 0 Å². The summed E-state index contributed by atoms with van der Waals surface area (Å²) < 4.78 is 1.14. The average molecular weight is 321 g/mol. The van der Waals surface area contributed by atoms with Crippen LogP contribution in [0.5, 0.6) is 0 Å². The van der Waals surface area contributed by atoms with E-state index >= 15 is 0 Å². The SMILES string of the molecule is Brc1ccc2c(c1)C=CC2c1cccc2ccccc12. The highest BCUT2D eigenvalue weighted by Crippen LogP contribution is 2.39. The number of fused-ring (bicyclic) bond motifs is 2. The van der Waals surface area contributed by atoms with E-state index in [4.69, 9.17) is 0 Å². The van der Waals surface area contributed by atoms with E-state index in [1.54, 1.807) is 0 Å². The average Bonchev–Trinajstić information content (AvgIpc) is 2.89. The molecule has 1 atom stereocenters. The van der Waals surface area contributed by atoms with Crippen LogP contribution in [0.3, 0.4) is 0 Å². The van der Waals surface area contributed by atoms with Crippen molar-refractivity contribution < 1.29 is 0 Å². The summed E-state index contributed by atoms with van der Waals surface area (Å²) in [4.78, 5) is 0. The van der Waals surface area contributed by atoms with Gasteiger partial charge >= 0.3 is 0 Å². The van der Waals surface area contributed by atoms with Crippen LogP contribution in [-0.2, 0) is 0 Å². The predicted molar refractivity (Wildman–Crippen MR) is 89.0 cm³/mol. The van der Waals surface area contributed by atoms with Gasteiger partial charge in [0.05, 0.1) is 0 Å². The molecule has 3 aromatic rings. The molecule has 0 aliphatic heterocycles. The van der Waals surface area contributed by atoms with Gasteiger partial charge in [-0.3, -0.25) is 0 Å². The van der Waals surface area contributed by atoms with Crippen molar-refractivity contribution in [3.05, 3.63) is 87.9 Å². The monoisotopic (exact) mass is 320 g/mol. The van der Waals surface area contributed by atoms with Gasteiger partial charge in [-0.1, -0.05) is 76.6 Å². The molecule has 0 radical (unpaired) electrons. The summed E-state index contributed by atoms with van der Waals surface area (Å²) >= 11 is 3.55. The highest BCUT2D eigenvalue weighted by molar-refractivity contribution is 9.10. The van der Waals surface area contributed by atoms with E-state index in [-0.39, 0.29) is 0 Å². The zero-order valence-corrected chi connectivity index (χ0v) is 12.5. The largest absolute Gasteiger partial charge is 0.0720 e. The lowest BCUT2D eigenvalue weighted by Gasteiger charge is -2.14. The fourth-order valence-electron chi connectivity index (χ4n) is 3.07. The maximum Gasteiger partial charge on any atom is 0.0284 e. The summed E-state index contributed by atoms with van der Waals surface area (Å²) in [7, 11) is 0. The van der Waals surface area contributed by atoms with Crippen molar-refractivity contribution in [3.8, 4) is 0 Å². The molecular weight excluding hydrogens is 308 g/mol. The first-order chi connectivity index (χ1) is 9.83. The van der Waals surface area contributed by atoms with Crippen molar-refractivity contribution in [2.24, 2.45) is 0 Å². The standard InChI is InChI=1S/C19H13Br/c20-15-9-11-17-14(12-15)8-10-19(17)18-7-3-5-13-4-1-2-6-16(13)18/h1-12,19H. The minimum absolute atomic E-state index is 0.365. The summed E-state index contributed by atoms with van der Waals surface area (Å²) in [6, 6.07) is 21.7. The van der Waals surface area contributed by atoms with Gasteiger partial charge in [0.2, 0.25) is 0 Å². The minimum atomic E-state index is 0.365. The Hall–Kier alpha value is -1.86. The molecule has 1 unspecified atom stereocenters. The Morgan fingerprint density at radius 2 is 1.65 bits per heavy atom. The molecule has 0 spiro atoms. The Balaban J connectivity index is 1.93. The Morgan fingerprint density at radius 3 is 2.60 bits per heavy atom. The maximum atomic E-state index is 3.55. The quantitative estimate of drug-likeness (QED) is 0.534. The van der Waals surface area contributed by atoms with Crippen LogP contribution >= 0.6 is 15.9 Å². The number of hydrogen-bond donors (Lipinski definition) is 0. The van der Waals surface area contributed by atoms with Crippen LogP contribution < -0.4 is 0 Å². The van der Waals surface area contributed by atoms with Gasteiger partial charge in [-0.15, -0.1) is 0 Å². The molecule has 0 aromatic heterocycles. The lowest BCUT2D eigenvalue weighted by Crippen LogP contribution is -1.96. The summed E-state index contributed by atoms with van der Waals surface area (Å²) in [6.07, 6.45) is 4.53. The summed E-state index contributed by atoms with van der Waals surface area (Å²) in [5.41, 5.74) is 4.10. The van der Waals surface area contributed by atoms with Crippen molar-refractivity contribution in [1.29, 1.82) is 0 Å². The van der Waals surface area contributed by atoms with Gasteiger partial charge in [-0.2, -0.15) is 0 Å². The molecule has 0 saturated heterocycles. The van der Waals surface area contributed by atoms with Crippen molar-refractivity contribution in [2.75, 3.05) is 0 Å². The maximum absolute atomic E-state index is 3.55. The lowest BCUT2D eigenvalue weighted by molar-refractivity contribution is 1.06. The van der Waals surface area contributed by atoms with Crippen molar-refractivity contribution >= 4 is 32.8 Å². The third kappa shape index (κ3) is 1.82. The fourth-order valence-corrected chi connectivity index (χ4v) is 3.45. The molecule has 0 saturated carbocycles. The number of allylic oxidation sites excluding steroid dienone is 1. The zero-order valence-electron chi connectivity index (χ0n) is 10.9. The summed E-state index contributed by atoms with van der Waals surface area (Å²) in [6.45, 7) is 0. The number of rotatable bonds is 1. The Labute approximate surface area is 126 Å². The van der Waals surface area contributed by atoms with Crippen molar-refractivity contribution in [3.63, 3.8) is 0 Å². The lowest BCUT2D eigenvalue weighted by atomic mass is 9.89. The number of halogens is 1. The molecule has 20 heavy (non-hydrogen) atoms. The molecule has 1 aliphatic carbocycles. The fraction of sp³-hybridized carbons (Fsp3) is 0.0526. The van der Waals surface area contributed by atoms with E-state index in [1.165, 1.54) is 27.5 Å². The van der Waals surface area contributed by atoms with Crippen molar-refractivity contribution in [1.82, 2.24) is 0 Å². The van der Waals surface area contributed by atoms with E-state index in [0.29, 0.717) is 5.92 Å². The van der Waals surface area contributed by atoms with E-state index in [1.807, 2.05) is 0 Å². The second kappa shape index (κ2) is 4.60. The Kier molecular flexibility index (Phi) is 2.75. The van der Waals surface area contributed by atoms with Crippen LogP contribution in [0.4, 0.5) is 0 Å². The van der Waals surface area contributed by atoms with Gasteiger partial charge in [-0.25, -0.2) is 0 Å². The van der Waals surface area contributed by atoms with Crippen LogP contribution in [0.2, 0.25) is 0 Å². The molecule has 0 nitrogen and oxygen atoms in total. The van der Waals surface area contributed by atoms with Crippen LogP contribution in [-0.4, -0.2) is 0 Å². The van der Waals surface area contributed by atoms with Crippen LogP contribution in [0.25, 0.3) is 16.8 Å². The van der Waals surface area contributed by atoms with E-state index < -0.39 is 0 Å². The summed E-state index contributed by atoms with van der Waals surface area (Å²) in [5.74, 6) is 0.365. The van der Waals surface area contributed by atoms with E-state index in [9.17, 15) is 0 Å². The third-order valence-corrected chi connectivity index (χ3v) is 4.50. The first-order valence-corrected chi connectivity index (χ1v) is 7.57. The molecule has 0 amide bonds. The number of hydrogen-bond acceptors (Lipinski definition) is 0. The van der Waals surface area contributed by atoms with E-state index in [0.717, 1.165) is 4.47 Å². The summed E-state index contributed by atoms with van der Waals surface area (Å²) in [5, 5.41) is 2.66. The smallest absolute Gasteiger partial charge is 0.0284 e. The van der Waals surface area contributed by atoms with Crippen LogP contribution in [0.1, 0.15) is 22.6 Å².